The molecule has 0 amide bonds. The van der Waals surface area contributed by atoms with E-state index in [9.17, 15) is 0 Å². The van der Waals surface area contributed by atoms with E-state index in [4.69, 9.17) is 5.73 Å². The summed E-state index contributed by atoms with van der Waals surface area (Å²) < 4.78 is 1.90. The predicted molar refractivity (Wildman–Crippen MR) is 71.2 cm³/mol. The number of nitrogens with two attached hydrogens (primary N) is 1. The summed E-state index contributed by atoms with van der Waals surface area (Å²) in [4.78, 5) is 8.61. The Labute approximate surface area is 106 Å². The van der Waals surface area contributed by atoms with Gasteiger partial charge in [-0.3, -0.25) is 4.68 Å². The molecule has 0 saturated carbocycles. The summed E-state index contributed by atoms with van der Waals surface area (Å²) in [6.07, 6.45) is 3.74. The third-order valence-electron chi connectivity index (χ3n) is 2.63. The van der Waals surface area contributed by atoms with Gasteiger partial charge < -0.3 is 11.1 Å². The number of nitrogens with zero attached hydrogens (tertiary/aromatic N) is 4. The SMILES string of the molecule is CCn1cc(-c2ccnc(NCCN)n2)c(C)n1. The first-order valence-corrected chi connectivity index (χ1v) is 6.06. The van der Waals surface area contributed by atoms with Crippen LogP contribution in [0.15, 0.2) is 18.5 Å². The van der Waals surface area contributed by atoms with Gasteiger partial charge in [0.25, 0.3) is 0 Å². The first-order valence-electron chi connectivity index (χ1n) is 6.06. The zero-order chi connectivity index (χ0) is 13.0. The number of aryl methyl sites for hydroxylation is 2. The van der Waals surface area contributed by atoms with Crippen LogP contribution in [0.4, 0.5) is 5.95 Å². The maximum Gasteiger partial charge on any atom is 0.223 e. The van der Waals surface area contributed by atoms with Gasteiger partial charge in [-0.25, -0.2) is 9.97 Å². The summed E-state index contributed by atoms with van der Waals surface area (Å²) in [5.41, 5.74) is 8.33. The fourth-order valence-corrected chi connectivity index (χ4v) is 1.71. The van der Waals surface area contributed by atoms with Crippen molar-refractivity contribution < 1.29 is 0 Å². The first kappa shape index (κ1) is 12.5. The van der Waals surface area contributed by atoms with E-state index >= 15 is 0 Å². The van der Waals surface area contributed by atoms with Gasteiger partial charge >= 0.3 is 0 Å². The van der Waals surface area contributed by atoms with Gasteiger partial charge in [0.05, 0.1) is 11.4 Å². The van der Waals surface area contributed by atoms with Crippen molar-refractivity contribution in [2.24, 2.45) is 5.73 Å². The highest BCUT2D eigenvalue weighted by Gasteiger charge is 2.09. The maximum atomic E-state index is 5.44. The molecule has 2 rings (SSSR count). The molecule has 0 aliphatic heterocycles. The zero-order valence-electron chi connectivity index (χ0n) is 10.7. The Balaban J connectivity index is 2.29. The van der Waals surface area contributed by atoms with Crippen molar-refractivity contribution in [1.82, 2.24) is 19.7 Å². The Morgan fingerprint density at radius 2 is 2.28 bits per heavy atom. The molecule has 96 valence electrons. The third-order valence-corrected chi connectivity index (χ3v) is 2.63. The Hall–Kier alpha value is -1.95. The fraction of sp³-hybridized carbons (Fsp3) is 0.417. The molecule has 0 bridgehead atoms. The summed E-state index contributed by atoms with van der Waals surface area (Å²) in [7, 11) is 0. The molecule has 0 aliphatic carbocycles. The van der Waals surface area contributed by atoms with Crippen LogP contribution in [0, 0.1) is 6.92 Å². The molecule has 0 spiro atoms. The van der Waals surface area contributed by atoms with Gasteiger partial charge in [-0.15, -0.1) is 0 Å². The van der Waals surface area contributed by atoms with Gasteiger partial charge in [0.1, 0.15) is 0 Å². The summed E-state index contributed by atoms with van der Waals surface area (Å²) in [5.74, 6) is 0.599. The van der Waals surface area contributed by atoms with Gasteiger partial charge in [0, 0.05) is 37.6 Å². The van der Waals surface area contributed by atoms with Gasteiger partial charge in [-0.05, 0) is 19.9 Å². The van der Waals surface area contributed by atoms with Crippen molar-refractivity contribution in [2.75, 3.05) is 18.4 Å². The summed E-state index contributed by atoms with van der Waals surface area (Å²) in [6, 6.07) is 1.89. The Kier molecular flexibility index (Phi) is 3.88. The number of anilines is 1. The molecule has 0 atom stereocenters. The maximum absolute atomic E-state index is 5.44. The second-order valence-electron chi connectivity index (χ2n) is 3.96. The van der Waals surface area contributed by atoms with Gasteiger partial charge in [0.15, 0.2) is 0 Å². The van der Waals surface area contributed by atoms with Crippen LogP contribution in [0.1, 0.15) is 12.6 Å². The lowest BCUT2D eigenvalue weighted by molar-refractivity contribution is 0.653. The first-order chi connectivity index (χ1) is 8.74. The Morgan fingerprint density at radius 3 is 2.94 bits per heavy atom. The number of hydrogen-bond donors (Lipinski definition) is 2. The lowest BCUT2D eigenvalue weighted by Gasteiger charge is -2.04. The number of hydrogen-bond acceptors (Lipinski definition) is 5. The smallest absolute Gasteiger partial charge is 0.223 e. The molecule has 6 nitrogen and oxygen atoms in total. The van der Waals surface area contributed by atoms with Crippen LogP contribution in [0.25, 0.3) is 11.3 Å². The van der Waals surface area contributed by atoms with E-state index in [1.165, 1.54) is 0 Å². The molecule has 0 radical (unpaired) electrons. The Morgan fingerprint density at radius 1 is 1.44 bits per heavy atom. The molecule has 2 heterocycles. The highest BCUT2D eigenvalue weighted by Crippen LogP contribution is 2.20. The van der Waals surface area contributed by atoms with Crippen LogP contribution >= 0.6 is 0 Å². The van der Waals surface area contributed by atoms with Crippen molar-refractivity contribution in [3.05, 3.63) is 24.2 Å². The third kappa shape index (κ3) is 2.65. The highest BCUT2D eigenvalue weighted by molar-refractivity contribution is 5.61. The predicted octanol–water partition coefficient (Wildman–Crippen LogP) is 1.04. The molecule has 0 saturated heterocycles. The summed E-state index contributed by atoms with van der Waals surface area (Å²) in [5, 5.41) is 7.48. The van der Waals surface area contributed by atoms with Crippen molar-refractivity contribution in [1.29, 1.82) is 0 Å². The molecule has 2 aromatic heterocycles. The molecule has 0 aliphatic rings. The number of nitrogens with one attached hydrogen (secondary N) is 1. The van der Waals surface area contributed by atoms with Crippen LogP contribution in [0.2, 0.25) is 0 Å². The standard InChI is InChI=1S/C12H18N6/c1-3-18-8-10(9(2)17-18)11-4-6-14-12(16-11)15-7-5-13/h4,6,8H,3,5,7,13H2,1-2H3,(H,14,15,16). The average molecular weight is 246 g/mol. The molecule has 0 unspecified atom stereocenters. The monoisotopic (exact) mass is 246 g/mol. The van der Waals surface area contributed by atoms with Crippen molar-refractivity contribution >= 4 is 5.95 Å². The molecular weight excluding hydrogens is 228 g/mol. The Bertz CT molecular complexity index is 519. The molecule has 0 fully saturated rings. The van der Waals surface area contributed by atoms with Crippen LogP contribution < -0.4 is 11.1 Å². The minimum atomic E-state index is 0.556. The summed E-state index contributed by atoms with van der Waals surface area (Å²) in [6.45, 7) is 6.11. The lowest BCUT2D eigenvalue weighted by Crippen LogP contribution is -2.14. The topological polar surface area (TPSA) is 81.7 Å². The average Bonchev–Trinajstić information content (AvgIpc) is 2.78. The molecule has 3 N–H and O–H groups in total. The molecule has 0 aromatic carbocycles. The second-order valence-corrected chi connectivity index (χ2v) is 3.96. The van der Waals surface area contributed by atoms with Gasteiger partial charge in [-0.2, -0.15) is 5.10 Å². The quantitative estimate of drug-likeness (QED) is 0.823. The van der Waals surface area contributed by atoms with Crippen LogP contribution in [-0.4, -0.2) is 32.8 Å². The zero-order valence-corrected chi connectivity index (χ0v) is 10.7. The van der Waals surface area contributed by atoms with E-state index in [2.05, 4.69) is 27.3 Å². The van der Waals surface area contributed by atoms with Crippen LogP contribution in [-0.2, 0) is 6.54 Å². The summed E-state index contributed by atoms with van der Waals surface area (Å²) >= 11 is 0. The molecular formula is C12H18N6. The van der Waals surface area contributed by atoms with E-state index in [0.717, 1.165) is 23.5 Å². The van der Waals surface area contributed by atoms with Crippen LogP contribution in [0.3, 0.4) is 0 Å². The van der Waals surface area contributed by atoms with E-state index in [-0.39, 0.29) is 0 Å². The molecule has 18 heavy (non-hydrogen) atoms. The number of rotatable bonds is 5. The second kappa shape index (κ2) is 5.59. The van der Waals surface area contributed by atoms with E-state index in [0.29, 0.717) is 19.0 Å². The van der Waals surface area contributed by atoms with E-state index in [1.54, 1.807) is 6.20 Å². The fourth-order valence-electron chi connectivity index (χ4n) is 1.71. The van der Waals surface area contributed by atoms with Gasteiger partial charge in [0.2, 0.25) is 5.95 Å². The molecule has 6 heteroatoms. The van der Waals surface area contributed by atoms with Crippen molar-refractivity contribution in [3.63, 3.8) is 0 Å². The van der Waals surface area contributed by atoms with Crippen molar-refractivity contribution in [3.8, 4) is 11.3 Å². The largest absolute Gasteiger partial charge is 0.353 e. The van der Waals surface area contributed by atoms with E-state index in [1.807, 2.05) is 23.9 Å². The normalized spacial score (nSPS) is 10.6. The van der Waals surface area contributed by atoms with Gasteiger partial charge in [-0.1, -0.05) is 0 Å². The minimum Gasteiger partial charge on any atom is -0.353 e. The highest BCUT2D eigenvalue weighted by atomic mass is 15.3. The van der Waals surface area contributed by atoms with Crippen LogP contribution in [0.5, 0.6) is 0 Å². The molecule has 2 aromatic rings. The minimum absolute atomic E-state index is 0.556. The lowest BCUT2D eigenvalue weighted by atomic mass is 10.2. The number of aromatic nitrogens is 4. The van der Waals surface area contributed by atoms with Crippen molar-refractivity contribution in [2.45, 2.75) is 20.4 Å². The van der Waals surface area contributed by atoms with E-state index < -0.39 is 0 Å².